The molecule has 0 unspecified atom stereocenters. The fraction of sp³-hybridized carbons (Fsp3) is 0.250. The quantitative estimate of drug-likeness (QED) is 0.879. The molecule has 24 heavy (non-hydrogen) atoms. The smallest absolute Gasteiger partial charge is 0.261 e. The second kappa shape index (κ2) is 6.45. The van der Waals surface area contributed by atoms with Gasteiger partial charge in [0.2, 0.25) is 10.0 Å². The molecule has 0 saturated carbocycles. The van der Waals surface area contributed by atoms with Gasteiger partial charge in [0, 0.05) is 7.05 Å². The predicted molar refractivity (Wildman–Crippen MR) is 96.4 cm³/mol. The Morgan fingerprint density at radius 3 is 2.04 bits per heavy atom. The number of rotatable bonds is 5. The Hall–Kier alpha value is -2.06. The molecule has 0 fully saturated rings. The first-order chi connectivity index (χ1) is 11.0. The van der Waals surface area contributed by atoms with Gasteiger partial charge in [-0.05, 0) is 43.2 Å². The molecule has 0 aliphatic heterocycles. The van der Waals surface area contributed by atoms with Crippen LogP contribution in [0.25, 0.3) is 0 Å². The summed E-state index contributed by atoms with van der Waals surface area (Å²) in [4.78, 5) is 0.142. The maximum absolute atomic E-state index is 12.5. The lowest BCUT2D eigenvalue weighted by Crippen LogP contribution is -2.26. The van der Waals surface area contributed by atoms with Crippen molar-refractivity contribution in [2.24, 2.45) is 0 Å². The molecule has 6 nitrogen and oxygen atoms in total. The summed E-state index contributed by atoms with van der Waals surface area (Å²) < 4.78 is 52.2. The summed E-state index contributed by atoms with van der Waals surface area (Å²) in [7, 11) is -5.76. The van der Waals surface area contributed by atoms with E-state index in [-0.39, 0.29) is 4.90 Å². The van der Waals surface area contributed by atoms with Crippen LogP contribution in [0.5, 0.6) is 0 Å². The Morgan fingerprint density at radius 1 is 0.917 bits per heavy atom. The maximum atomic E-state index is 12.5. The van der Waals surface area contributed by atoms with E-state index in [4.69, 9.17) is 0 Å². The minimum atomic E-state index is -3.74. The lowest BCUT2D eigenvalue weighted by atomic mass is 10.1. The Bertz CT molecular complexity index is 953. The van der Waals surface area contributed by atoms with Crippen molar-refractivity contribution in [1.82, 2.24) is 0 Å². The minimum absolute atomic E-state index is 0.142. The van der Waals surface area contributed by atoms with Gasteiger partial charge >= 0.3 is 0 Å². The molecule has 0 aromatic heterocycles. The Kier molecular flexibility index (Phi) is 4.91. The summed E-state index contributed by atoms with van der Waals surface area (Å²) in [6.45, 7) is 3.54. The number of hydrogen-bond acceptors (Lipinski definition) is 4. The molecule has 8 heteroatoms. The van der Waals surface area contributed by atoms with Gasteiger partial charge in [-0.15, -0.1) is 0 Å². The van der Waals surface area contributed by atoms with Crippen molar-refractivity contribution in [1.29, 1.82) is 0 Å². The SMILES string of the molecule is Cc1cc(C)c(N(C)S(C)(=O)=O)cc1NS(=O)(=O)c1ccccc1. The Balaban J connectivity index is 2.49. The van der Waals surface area contributed by atoms with Gasteiger partial charge in [0.25, 0.3) is 10.0 Å². The van der Waals surface area contributed by atoms with E-state index < -0.39 is 20.0 Å². The van der Waals surface area contributed by atoms with Crippen molar-refractivity contribution in [2.75, 3.05) is 22.3 Å². The van der Waals surface area contributed by atoms with Gasteiger partial charge in [0.15, 0.2) is 0 Å². The molecule has 0 bridgehead atoms. The van der Waals surface area contributed by atoms with Crippen molar-refractivity contribution in [3.05, 3.63) is 53.6 Å². The number of benzene rings is 2. The van der Waals surface area contributed by atoms with Crippen LogP contribution in [0.15, 0.2) is 47.4 Å². The standard InChI is InChI=1S/C16H20N2O4S2/c1-12-10-13(2)16(18(3)23(4,19)20)11-15(12)17-24(21,22)14-8-6-5-7-9-14/h5-11,17H,1-4H3. The summed E-state index contributed by atoms with van der Waals surface area (Å²) in [6, 6.07) is 11.3. The second-order valence-electron chi connectivity index (χ2n) is 5.60. The van der Waals surface area contributed by atoms with Crippen LogP contribution in [0.2, 0.25) is 0 Å². The summed E-state index contributed by atoms with van der Waals surface area (Å²) >= 11 is 0. The fourth-order valence-corrected chi connectivity index (χ4v) is 3.97. The van der Waals surface area contributed by atoms with E-state index in [1.165, 1.54) is 25.2 Å². The largest absolute Gasteiger partial charge is 0.279 e. The van der Waals surface area contributed by atoms with Crippen LogP contribution in [0.1, 0.15) is 11.1 Å². The first kappa shape index (κ1) is 18.3. The van der Waals surface area contributed by atoms with Gasteiger partial charge in [-0.2, -0.15) is 0 Å². The highest BCUT2D eigenvalue weighted by molar-refractivity contribution is 7.92. The molecule has 0 atom stereocenters. The average molecular weight is 368 g/mol. The highest BCUT2D eigenvalue weighted by Crippen LogP contribution is 2.29. The molecular formula is C16H20N2O4S2. The van der Waals surface area contributed by atoms with Crippen molar-refractivity contribution >= 4 is 31.4 Å². The van der Waals surface area contributed by atoms with Crippen molar-refractivity contribution in [3.8, 4) is 0 Å². The molecule has 0 aliphatic rings. The molecule has 2 aromatic carbocycles. The van der Waals surface area contributed by atoms with Crippen molar-refractivity contribution in [2.45, 2.75) is 18.7 Å². The first-order valence-electron chi connectivity index (χ1n) is 7.15. The third kappa shape index (κ3) is 3.88. The normalized spacial score (nSPS) is 12.0. The lowest BCUT2D eigenvalue weighted by molar-refractivity contribution is 0.599. The highest BCUT2D eigenvalue weighted by Gasteiger charge is 2.19. The molecule has 0 heterocycles. The van der Waals surface area contributed by atoms with E-state index in [2.05, 4.69) is 4.72 Å². The molecular weight excluding hydrogens is 348 g/mol. The van der Waals surface area contributed by atoms with Crippen LogP contribution >= 0.6 is 0 Å². The second-order valence-corrected chi connectivity index (χ2v) is 9.30. The van der Waals surface area contributed by atoms with Crippen LogP contribution in [-0.4, -0.2) is 30.1 Å². The molecule has 2 rings (SSSR count). The maximum Gasteiger partial charge on any atom is 0.261 e. The summed E-state index contributed by atoms with van der Waals surface area (Å²) in [5, 5.41) is 0. The zero-order chi connectivity index (χ0) is 18.1. The highest BCUT2D eigenvalue weighted by atomic mass is 32.2. The third-order valence-electron chi connectivity index (χ3n) is 3.68. The Labute approximate surface area is 143 Å². The van der Waals surface area contributed by atoms with E-state index >= 15 is 0 Å². The molecule has 0 amide bonds. The molecule has 130 valence electrons. The third-order valence-corrected chi connectivity index (χ3v) is 6.25. The topological polar surface area (TPSA) is 83.6 Å². The number of nitrogens with one attached hydrogen (secondary N) is 1. The monoisotopic (exact) mass is 368 g/mol. The molecule has 2 aromatic rings. The zero-order valence-corrected chi connectivity index (χ0v) is 15.6. The average Bonchev–Trinajstić information content (AvgIpc) is 2.49. The molecule has 1 N–H and O–H groups in total. The minimum Gasteiger partial charge on any atom is -0.279 e. The Morgan fingerprint density at radius 2 is 1.50 bits per heavy atom. The number of hydrogen-bond donors (Lipinski definition) is 1. The van der Waals surface area contributed by atoms with Gasteiger partial charge in [-0.3, -0.25) is 9.03 Å². The van der Waals surface area contributed by atoms with Crippen molar-refractivity contribution in [3.63, 3.8) is 0 Å². The van der Waals surface area contributed by atoms with E-state index in [9.17, 15) is 16.8 Å². The van der Waals surface area contributed by atoms with Crippen LogP contribution in [0.3, 0.4) is 0 Å². The molecule has 0 aliphatic carbocycles. The number of nitrogens with zero attached hydrogens (tertiary/aromatic N) is 1. The van der Waals surface area contributed by atoms with Gasteiger partial charge in [0.1, 0.15) is 0 Å². The summed E-state index contributed by atoms with van der Waals surface area (Å²) in [6.07, 6.45) is 1.10. The van der Waals surface area contributed by atoms with Gasteiger partial charge < -0.3 is 0 Å². The zero-order valence-electron chi connectivity index (χ0n) is 13.9. The van der Waals surface area contributed by atoms with Crippen LogP contribution < -0.4 is 9.03 Å². The van der Waals surface area contributed by atoms with E-state index in [0.29, 0.717) is 16.9 Å². The first-order valence-corrected chi connectivity index (χ1v) is 10.5. The predicted octanol–water partition coefficient (Wildman–Crippen LogP) is 2.50. The van der Waals surface area contributed by atoms with Crippen LogP contribution in [0.4, 0.5) is 11.4 Å². The van der Waals surface area contributed by atoms with Crippen LogP contribution in [0, 0.1) is 13.8 Å². The summed E-state index contributed by atoms with van der Waals surface area (Å²) in [5.41, 5.74) is 2.21. The fourth-order valence-electron chi connectivity index (χ4n) is 2.27. The number of sulfonamides is 2. The van der Waals surface area contributed by atoms with E-state index in [1.54, 1.807) is 38.1 Å². The van der Waals surface area contributed by atoms with Gasteiger partial charge in [-0.25, -0.2) is 16.8 Å². The van der Waals surface area contributed by atoms with Gasteiger partial charge in [0.05, 0.1) is 22.5 Å². The molecule has 0 spiro atoms. The summed E-state index contributed by atoms with van der Waals surface area (Å²) in [5.74, 6) is 0. The van der Waals surface area contributed by atoms with E-state index in [1.807, 2.05) is 0 Å². The van der Waals surface area contributed by atoms with Gasteiger partial charge in [-0.1, -0.05) is 24.3 Å². The number of aryl methyl sites for hydroxylation is 2. The lowest BCUT2D eigenvalue weighted by Gasteiger charge is -2.21. The van der Waals surface area contributed by atoms with E-state index in [0.717, 1.165) is 16.1 Å². The molecule has 0 saturated heterocycles. The van der Waals surface area contributed by atoms with Crippen LogP contribution in [-0.2, 0) is 20.0 Å². The molecule has 0 radical (unpaired) electrons. The van der Waals surface area contributed by atoms with Crippen molar-refractivity contribution < 1.29 is 16.8 Å². The number of anilines is 2.